The minimum absolute atomic E-state index is 0.0639. The molecule has 2 heterocycles. The number of rotatable bonds is 7. The number of nitrogens with one attached hydrogen (secondary N) is 1. The van der Waals surface area contributed by atoms with Gasteiger partial charge in [-0.25, -0.2) is 0 Å². The second kappa shape index (κ2) is 10.1. The van der Waals surface area contributed by atoms with Crippen molar-refractivity contribution in [3.8, 4) is 0 Å². The van der Waals surface area contributed by atoms with Crippen LogP contribution in [0.2, 0.25) is 0 Å². The number of aliphatic hydroxyl groups excluding tert-OH is 1. The summed E-state index contributed by atoms with van der Waals surface area (Å²) in [5, 5.41) is 10.00. The molecule has 4 rings (SSSR count). The third-order valence-corrected chi connectivity index (χ3v) is 7.17. The third kappa shape index (κ3) is 5.38. The van der Waals surface area contributed by atoms with E-state index in [0.717, 1.165) is 39.2 Å². The molecule has 0 spiro atoms. The molecule has 180 valence electrons. The molecule has 0 aliphatic carbocycles. The maximum atomic E-state index is 13.3. The summed E-state index contributed by atoms with van der Waals surface area (Å²) in [6, 6.07) is 12.7. The molecule has 3 aromatic rings. The van der Waals surface area contributed by atoms with Crippen LogP contribution in [0.4, 0.5) is 0 Å². The van der Waals surface area contributed by atoms with Gasteiger partial charge in [0.25, 0.3) is 5.91 Å². The van der Waals surface area contributed by atoms with Crippen LogP contribution in [0.3, 0.4) is 0 Å². The molecule has 2 atom stereocenters. The van der Waals surface area contributed by atoms with Crippen LogP contribution < -0.4 is 4.87 Å². The first-order valence-corrected chi connectivity index (χ1v) is 12.1. The maximum Gasteiger partial charge on any atom is 0.305 e. The predicted molar refractivity (Wildman–Crippen MR) is 133 cm³/mol. The van der Waals surface area contributed by atoms with E-state index < -0.39 is 0 Å². The van der Waals surface area contributed by atoms with Gasteiger partial charge in [-0.1, -0.05) is 29.5 Å². The van der Waals surface area contributed by atoms with Crippen LogP contribution in [0.25, 0.3) is 10.2 Å². The Kier molecular flexibility index (Phi) is 7.16. The summed E-state index contributed by atoms with van der Waals surface area (Å²) in [5.74, 6) is -0.157. The summed E-state index contributed by atoms with van der Waals surface area (Å²) in [4.78, 5) is 45.6. The number of β-amino-alcohol motifs (C(OH)–C–C–N with tert-alkyl or cyclic N) is 1. The summed E-state index contributed by atoms with van der Waals surface area (Å²) in [7, 11) is 5.21. The van der Waals surface area contributed by atoms with Gasteiger partial charge in [0.05, 0.1) is 28.8 Å². The van der Waals surface area contributed by atoms with Crippen molar-refractivity contribution in [2.45, 2.75) is 25.0 Å². The number of likely N-dealkylation sites (N-methyl/N-ethyl adjacent to an activating group) is 1. The SMILES string of the molecule is CN(C)C(=O)c1cccc([C@@H](CN2CC[C@H](O)C2)N(C)C(=O)Cc2ccc3sc(=O)[nH]c3c2)c1. The highest BCUT2D eigenvalue weighted by Crippen LogP contribution is 2.26. The average Bonchev–Trinajstić information content (AvgIpc) is 3.39. The number of likely N-dealkylation sites (tertiary alicyclic amines) is 1. The number of aromatic nitrogens is 1. The van der Waals surface area contributed by atoms with Crippen LogP contribution >= 0.6 is 11.3 Å². The van der Waals surface area contributed by atoms with E-state index in [1.165, 1.54) is 4.90 Å². The van der Waals surface area contributed by atoms with E-state index in [-0.39, 0.29) is 35.3 Å². The van der Waals surface area contributed by atoms with E-state index >= 15 is 0 Å². The van der Waals surface area contributed by atoms with Crippen molar-refractivity contribution in [1.29, 1.82) is 0 Å². The highest BCUT2D eigenvalue weighted by Gasteiger charge is 2.28. The predicted octanol–water partition coefficient (Wildman–Crippen LogP) is 2.10. The molecule has 2 N–H and O–H groups in total. The van der Waals surface area contributed by atoms with E-state index in [4.69, 9.17) is 0 Å². The molecule has 34 heavy (non-hydrogen) atoms. The molecule has 2 amide bonds. The Morgan fingerprint density at radius 2 is 2.00 bits per heavy atom. The number of aromatic amines is 1. The zero-order valence-corrected chi connectivity index (χ0v) is 20.5. The fraction of sp³-hybridized carbons (Fsp3) is 0.400. The molecule has 1 fully saturated rings. The molecule has 1 aliphatic heterocycles. The normalized spacial score (nSPS) is 17.1. The van der Waals surface area contributed by atoms with Crippen molar-refractivity contribution in [3.63, 3.8) is 0 Å². The Bertz CT molecular complexity index is 1250. The quantitative estimate of drug-likeness (QED) is 0.538. The van der Waals surface area contributed by atoms with Gasteiger partial charge in [-0.15, -0.1) is 0 Å². The molecular formula is C25H30N4O4S. The van der Waals surface area contributed by atoms with Gasteiger partial charge >= 0.3 is 4.87 Å². The highest BCUT2D eigenvalue weighted by molar-refractivity contribution is 7.16. The number of carbonyl (C=O) groups excluding carboxylic acids is 2. The number of carbonyl (C=O) groups is 2. The Balaban J connectivity index is 1.59. The zero-order chi connectivity index (χ0) is 24.4. The number of benzene rings is 2. The lowest BCUT2D eigenvalue weighted by Gasteiger charge is -2.32. The first-order chi connectivity index (χ1) is 16.2. The molecule has 0 unspecified atom stereocenters. The van der Waals surface area contributed by atoms with Crippen molar-refractivity contribution >= 4 is 33.4 Å². The molecule has 1 aromatic heterocycles. The molecular weight excluding hydrogens is 452 g/mol. The average molecular weight is 483 g/mol. The number of hydrogen-bond acceptors (Lipinski definition) is 6. The molecule has 1 saturated heterocycles. The highest BCUT2D eigenvalue weighted by atomic mass is 32.1. The molecule has 0 radical (unpaired) electrons. The molecule has 8 nitrogen and oxygen atoms in total. The van der Waals surface area contributed by atoms with E-state index in [1.807, 2.05) is 36.4 Å². The minimum Gasteiger partial charge on any atom is -0.392 e. The van der Waals surface area contributed by atoms with Crippen LogP contribution in [0.5, 0.6) is 0 Å². The van der Waals surface area contributed by atoms with Crippen LogP contribution in [0.15, 0.2) is 47.3 Å². The van der Waals surface area contributed by atoms with Gasteiger partial charge in [-0.2, -0.15) is 0 Å². The zero-order valence-electron chi connectivity index (χ0n) is 19.7. The van der Waals surface area contributed by atoms with Gasteiger partial charge in [0, 0.05) is 46.3 Å². The van der Waals surface area contributed by atoms with Gasteiger partial charge in [0.15, 0.2) is 0 Å². The number of H-pyrrole nitrogens is 1. The van der Waals surface area contributed by atoms with Crippen molar-refractivity contribution in [3.05, 3.63) is 68.8 Å². The van der Waals surface area contributed by atoms with E-state index in [2.05, 4.69) is 9.88 Å². The summed E-state index contributed by atoms with van der Waals surface area (Å²) in [6.07, 6.45) is 0.546. The lowest BCUT2D eigenvalue weighted by atomic mass is 10.0. The Labute approximate surface area is 202 Å². The number of thiazole rings is 1. The number of hydrogen-bond donors (Lipinski definition) is 2. The molecule has 0 saturated carbocycles. The summed E-state index contributed by atoms with van der Waals surface area (Å²) < 4.78 is 0.863. The topological polar surface area (TPSA) is 96.9 Å². The van der Waals surface area contributed by atoms with E-state index in [9.17, 15) is 19.5 Å². The van der Waals surface area contributed by atoms with Crippen LogP contribution in [0.1, 0.15) is 33.9 Å². The molecule has 1 aliphatic rings. The first kappa shape index (κ1) is 24.1. The van der Waals surface area contributed by atoms with Crippen molar-refractivity contribution in [2.75, 3.05) is 40.8 Å². The Morgan fingerprint density at radius 3 is 2.71 bits per heavy atom. The number of fused-ring (bicyclic) bond motifs is 1. The second-order valence-corrected chi connectivity index (χ2v) is 10.1. The second-order valence-electron chi connectivity index (χ2n) is 9.07. The third-order valence-electron chi connectivity index (χ3n) is 6.30. The minimum atomic E-state index is -0.359. The van der Waals surface area contributed by atoms with Gasteiger partial charge in [0.2, 0.25) is 5.91 Å². The van der Waals surface area contributed by atoms with Gasteiger partial charge in [-0.05, 0) is 41.8 Å². The number of aliphatic hydroxyl groups is 1. The van der Waals surface area contributed by atoms with Gasteiger partial charge < -0.3 is 19.9 Å². The maximum absolute atomic E-state index is 13.3. The number of nitrogens with zero attached hydrogens (tertiary/aromatic N) is 3. The number of amides is 2. The monoisotopic (exact) mass is 482 g/mol. The van der Waals surface area contributed by atoms with Crippen LogP contribution in [0, 0.1) is 0 Å². The van der Waals surface area contributed by atoms with Crippen LogP contribution in [-0.2, 0) is 11.2 Å². The largest absolute Gasteiger partial charge is 0.392 e. The Morgan fingerprint density at radius 1 is 1.21 bits per heavy atom. The smallest absolute Gasteiger partial charge is 0.305 e. The fourth-order valence-corrected chi connectivity index (χ4v) is 5.11. The van der Waals surface area contributed by atoms with Crippen molar-refractivity contribution in [1.82, 2.24) is 19.7 Å². The lowest BCUT2D eigenvalue weighted by molar-refractivity contribution is -0.131. The van der Waals surface area contributed by atoms with Crippen LogP contribution in [-0.4, -0.2) is 83.5 Å². The summed E-state index contributed by atoms with van der Waals surface area (Å²) in [6.45, 7) is 1.89. The van der Waals surface area contributed by atoms with Gasteiger partial charge in [0.1, 0.15) is 0 Å². The molecule has 0 bridgehead atoms. The Hall–Kier alpha value is -3.01. The van der Waals surface area contributed by atoms with Gasteiger partial charge in [-0.3, -0.25) is 19.3 Å². The lowest BCUT2D eigenvalue weighted by Crippen LogP contribution is -2.39. The van der Waals surface area contributed by atoms with E-state index in [0.29, 0.717) is 25.1 Å². The van der Waals surface area contributed by atoms with E-state index in [1.54, 1.807) is 32.1 Å². The van der Waals surface area contributed by atoms with Crippen molar-refractivity contribution < 1.29 is 14.7 Å². The molecule has 9 heteroatoms. The molecule has 2 aromatic carbocycles. The first-order valence-electron chi connectivity index (χ1n) is 11.3. The standard InChI is InChI=1S/C25H30N4O4S/c1-27(2)24(32)18-6-4-5-17(13-18)21(15-29-10-9-19(30)14-29)28(3)23(31)12-16-7-8-22-20(11-16)26-25(33)34-22/h4-8,11,13,19,21,30H,9-10,12,14-15H2,1-3H3,(H,26,33)/t19-,21+/m0/s1. The van der Waals surface area contributed by atoms with Crippen molar-refractivity contribution in [2.24, 2.45) is 0 Å². The summed E-state index contributed by atoms with van der Waals surface area (Å²) >= 11 is 1.15. The fourth-order valence-electron chi connectivity index (χ4n) is 4.39. The summed E-state index contributed by atoms with van der Waals surface area (Å²) in [5.41, 5.74) is 3.01.